The monoisotopic (exact) mass is 451 g/mol. The highest BCUT2D eigenvalue weighted by atomic mass is 16.6. The molecule has 2 heterocycles. The van der Waals surface area contributed by atoms with Crippen molar-refractivity contribution in [1.82, 2.24) is 20.2 Å². The van der Waals surface area contributed by atoms with E-state index < -0.39 is 5.91 Å². The first-order valence-electron chi connectivity index (χ1n) is 10.8. The lowest BCUT2D eigenvalue weighted by Gasteiger charge is -2.06. The van der Waals surface area contributed by atoms with Gasteiger partial charge in [-0.2, -0.15) is 10.2 Å². The van der Waals surface area contributed by atoms with E-state index in [0.717, 1.165) is 33.3 Å². The number of hydrogen-bond donors (Lipinski definition) is 1. The van der Waals surface area contributed by atoms with Gasteiger partial charge in [0.2, 0.25) is 0 Å². The third-order valence-corrected chi connectivity index (χ3v) is 5.14. The Morgan fingerprint density at radius 2 is 1.88 bits per heavy atom. The average molecular weight is 451 g/mol. The molecule has 2 aromatic heterocycles. The predicted octanol–water partition coefficient (Wildman–Crippen LogP) is 4.84. The van der Waals surface area contributed by atoms with Crippen molar-refractivity contribution in [1.29, 1.82) is 0 Å². The van der Waals surface area contributed by atoms with Gasteiger partial charge >= 0.3 is 11.9 Å². The number of oxazole rings is 1. The fraction of sp³-hybridized carbons (Fsp3) is 0.0769. The van der Waals surface area contributed by atoms with Crippen molar-refractivity contribution in [2.75, 3.05) is 6.61 Å². The molecule has 8 heteroatoms. The first-order chi connectivity index (χ1) is 16.7. The molecule has 0 aliphatic heterocycles. The van der Waals surface area contributed by atoms with Crippen LogP contribution in [-0.4, -0.2) is 33.5 Å². The molecular weight excluding hydrogens is 430 g/mol. The van der Waals surface area contributed by atoms with Crippen LogP contribution < -0.4 is 10.2 Å². The average Bonchev–Trinajstić information content (AvgIpc) is 3.52. The summed E-state index contributed by atoms with van der Waals surface area (Å²) >= 11 is 0. The van der Waals surface area contributed by atoms with Crippen molar-refractivity contribution in [3.05, 3.63) is 96.6 Å². The van der Waals surface area contributed by atoms with E-state index in [1.165, 1.54) is 6.20 Å². The normalized spacial score (nSPS) is 11.2. The molecule has 8 nitrogen and oxygen atoms in total. The Morgan fingerprint density at radius 3 is 2.74 bits per heavy atom. The number of nitrogens with one attached hydrogen (secondary N) is 1. The molecule has 0 unspecified atom stereocenters. The summed E-state index contributed by atoms with van der Waals surface area (Å²) in [6.07, 6.45) is 4.79. The quantitative estimate of drug-likeness (QED) is 0.282. The van der Waals surface area contributed by atoms with Crippen LogP contribution in [0.2, 0.25) is 0 Å². The van der Waals surface area contributed by atoms with Gasteiger partial charge in [-0.1, -0.05) is 66.7 Å². The Morgan fingerprint density at radius 1 is 1.09 bits per heavy atom. The number of hydrazone groups is 1. The van der Waals surface area contributed by atoms with Gasteiger partial charge in [-0.15, -0.1) is 0 Å². The Kier molecular flexibility index (Phi) is 5.85. The van der Waals surface area contributed by atoms with E-state index in [2.05, 4.69) is 33.7 Å². The van der Waals surface area contributed by atoms with Crippen molar-refractivity contribution < 1.29 is 13.9 Å². The molecule has 0 aliphatic rings. The fourth-order valence-electron chi connectivity index (χ4n) is 3.62. The number of nitrogens with zero attached hydrogens (tertiary/aromatic N) is 4. The zero-order chi connectivity index (χ0) is 23.3. The van der Waals surface area contributed by atoms with E-state index >= 15 is 0 Å². The summed E-state index contributed by atoms with van der Waals surface area (Å²) < 4.78 is 12.3. The summed E-state index contributed by atoms with van der Waals surface area (Å²) in [5, 5.41) is 11.2. The Balaban J connectivity index is 1.47. The van der Waals surface area contributed by atoms with Crippen molar-refractivity contribution in [2.45, 2.75) is 6.92 Å². The molecule has 0 aliphatic carbocycles. The number of hydrogen-bond acceptors (Lipinski definition) is 6. The fourth-order valence-corrected chi connectivity index (χ4v) is 3.62. The summed E-state index contributed by atoms with van der Waals surface area (Å²) in [5.74, 6) is -0.528. The van der Waals surface area contributed by atoms with Crippen LogP contribution in [0.25, 0.3) is 27.7 Å². The number of rotatable bonds is 7. The molecule has 5 rings (SSSR count). The number of amides is 1. The molecule has 0 spiro atoms. The summed E-state index contributed by atoms with van der Waals surface area (Å²) in [4.78, 5) is 16.2. The lowest BCUT2D eigenvalue weighted by atomic mass is 10.1. The maximum Gasteiger partial charge on any atom is 0.327 e. The van der Waals surface area contributed by atoms with Gasteiger partial charge < -0.3 is 9.15 Å². The van der Waals surface area contributed by atoms with E-state index in [4.69, 9.17) is 14.3 Å². The molecule has 0 saturated heterocycles. The van der Waals surface area contributed by atoms with Crippen molar-refractivity contribution in [2.24, 2.45) is 5.10 Å². The van der Waals surface area contributed by atoms with Crippen LogP contribution in [0, 0.1) is 0 Å². The topological polar surface area (TPSA) is 94.5 Å². The number of carbonyl (C=O) groups is 1. The number of carbonyl (C=O) groups excluding carboxylic acids is 1. The standard InChI is InChI=1S/C26H21N5O3/c1-2-33-23-16-27-26(34-23)25(32)29-28-15-20-17-31(30-24(20)19-10-4-3-5-11-19)22-14-8-12-18-9-6-7-13-21(18)22/h3-17H,2H2,1H3,(H,29,32)/b28-15+. The van der Waals surface area contributed by atoms with E-state index in [1.54, 1.807) is 6.21 Å². The molecule has 0 fully saturated rings. The molecule has 3 aromatic carbocycles. The molecule has 0 atom stereocenters. The summed E-state index contributed by atoms with van der Waals surface area (Å²) in [5.41, 5.74) is 5.80. The molecule has 34 heavy (non-hydrogen) atoms. The van der Waals surface area contributed by atoms with E-state index in [9.17, 15) is 4.79 Å². The number of aromatic nitrogens is 3. The number of fused-ring (bicyclic) bond motifs is 1. The SMILES string of the molecule is CCOc1cnc(C(=O)N/N=C/c2cn(-c3cccc4ccccc34)nc2-c2ccccc2)o1. The van der Waals surface area contributed by atoms with Crippen LogP contribution >= 0.6 is 0 Å². The molecule has 1 amide bonds. The molecular formula is C26H21N5O3. The predicted molar refractivity (Wildman–Crippen MR) is 129 cm³/mol. The molecule has 5 aromatic rings. The minimum atomic E-state index is -0.579. The zero-order valence-electron chi connectivity index (χ0n) is 18.4. The first-order valence-corrected chi connectivity index (χ1v) is 10.8. The third kappa shape index (κ3) is 4.29. The second-order valence-electron chi connectivity index (χ2n) is 7.36. The van der Waals surface area contributed by atoms with Gasteiger partial charge in [0.1, 0.15) is 11.9 Å². The van der Waals surface area contributed by atoms with Gasteiger partial charge in [0.25, 0.3) is 5.89 Å². The second-order valence-corrected chi connectivity index (χ2v) is 7.36. The van der Waals surface area contributed by atoms with Crippen LogP contribution in [0.4, 0.5) is 0 Å². The van der Waals surface area contributed by atoms with Crippen LogP contribution in [-0.2, 0) is 0 Å². The summed E-state index contributed by atoms with van der Waals surface area (Å²) in [7, 11) is 0. The van der Waals surface area contributed by atoms with Crippen LogP contribution in [0.5, 0.6) is 5.95 Å². The van der Waals surface area contributed by atoms with Gasteiger partial charge in [0.05, 0.1) is 18.5 Å². The molecule has 168 valence electrons. The molecule has 0 saturated carbocycles. The maximum absolute atomic E-state index is 12.3. The highest BCUT2D eigenvalue weighted by Crippen LogP contribution is 2.26. The van der Waals surface area contributed by atoms with E-state index in [1.807, 2.05) is 72.4 Å². The largest absolute Gasteiger partial charge is 0.464 e. The number of benzene rings is 3. The minimum absolute atomic E-state index is 0.129. The van der Waals surface area contributed by atoms with E-state index in [0.29, 0.717) is 6.61 Å². The highest BCUT2D eigenvalue weighted by Gasteiger charge is 2.15. The minimum Gasteiger partial charge on any atom is -0.464 e. The Bertz CT molecular complexity index is 1470. The molecule has 0 bridgehead atoms. The summed E-state index contributed by atoms with van der Waals surface area (Å²) in [6, 6.07) is 24.1. The van der Waals surface area contributed by atoms with Crippen molar-refractivity contribution >= 4 is 22.9 Å². The highest BCUT2D eigenvalue weighted by molar-refractivity contribution is 5.94. The second kappa shape index (κ2) is 9.41. The first kappa shape index (κ1) is 21.1. The van der Waals surface area contributed by atoms with Crippen molar-refractivity contribution in [3.63, 3.8) is 0 Å². The lowest BCUT2D eigenvalue weighted by molar-refractivity contribution is 0.0912. The smallest absolute Gasteiger partial charge is 0.327 e. The van der Waals surface area contributed by atoms with Gasteiger partial charge in [0, 0.05) is 22.7 Å². The lowest BCUT2D eigenvalue weighted by Crippen LogP contribution is -2.17. The molecule has 1 N–H and O–H groups in total. The molecule has 0 radical (unpaired) electrons. The van der Waals surface area contributed by atoms with Crippen LogP contribution in [0.1, 0.15) is 23.2 Å². The van der Waals surface area contributed by atoms with Gasteiger partial charge in [-0.25, -0.2) is 15.1 Å². The Labute approximate surface area is 195 Å². The maximum atomic E-state index is 12.3. The Hall–Kier alpha value is -4.72. The number of ether oxygens (including phenoxy) is 1. The van der Waals surface area contributed by atoms with Gasteiger partial charge in [-0.3, -0.25) is 4.79 Å². The van der Waals surface area contributed by atoms with E-state index in [-0.39, 0.29) is 11.8 Å². The van der Waals surface area contributed by atoms with Crippen LogP contribution in [0.3, 0.4) is 0 Å². The van der Waals surface area contributed by atoms with Crippen LogP contribution in [0.15, 0.2) is 94.7 Å². The van der Waals surface area contributed by atoms with Crippen molar-refractivity contribution in [3.8, 4) is 22.9 Å². The third-order valence-electron chi connectivity index (χ3n) is 5.14. The summed E-state index contributed by atoms with van der Waals surface area (Å²) in [6.45, 7) is 2.23. The van der Waals surface area contributed by atoms with Gasteiger partial charge in [0.15, 0.2) is 0 Å². The zero-order valence-corrected chi connectivity index (χ0v) is 18.4. The van der Waals surface area contributed by atoms with Gasteiger partial charge in [-0.05, 0) is 18.4 Å².